The number of hydrogen-bond donors (Lipinski definition) is 4. The largest absolute Gasteiger partial charge is 0.458 e. The van der Waals surface area contributed by atoms with Gasteiger partial charge >= 0.3 is 5.97 Å². The molecule has 44 heavy (non-hydrogen) atoms. The van der Waals surface area contributed by atoms with E-state index < -0.39 is 35.7 Å². The average molecular weight is 610 g/mol. The van der Waals surface area contributed by atoms with Crippen LogP contribution in [0.1, 0.15) is 60.6 Å². The van der Waals surface area contributed by atoms with E-state index in [-0.39, 0.29) is 49.0 Å². The van der Waals surface area contributed by atoms with Crippen LogP contribution in [-0.4, -0.2) is 58.4 Å². The number of benzene rings is 1. The van der Waals surface area contributed by atoms with E-state index in [1.54, 1.807) is 23.6 Å². The number of pyridine rings is 2. The van der Waals surface area contributed by atoms with Gasteiger partial charge < -0.3 is 35.5 Å². The predicted octanol–water partition coefficient (Wildman–Crippen LogP) is 1.48. The quantitative estimate of drug-likeness (QED) is 0.112. The van der Waals surface area contributed by atoms with E-state index in [4.69, 9.17) is 20.2 Å². The first kappa shape index (κ1) is 31.2. The van der Waals surface area contributed by atoms with Gasteiger partial charge in [0.1, 0.15) is 19.2 Å². The number of halogens is 1. The first-order valence-electron chi connectivity index (χ1n) is 14.6. The van der Waals surface area contributed by atoms with Crippen molar-refractivity contribution < 1.29 is 33.4 Å². The van der Waals surface area contributed by atoms with Crippen LogP contribution < -0.4 is 21.9 Å². The fourth-order valence-corrected chi connectivity index (χ4v) is 5.48. The van der Waals surface area contributed by atoms with Crippen molar-refractivity contribution in [3.63, 3.8) is 0 Å². The highest BCUT2D eigenvalue weighted by Gasteiger charge is 2.34. The number of nitrogens with zero attached hydrogens (tertiary/aromatic N) is 2. The molecule has 2 aliphatic rings. The molecule has 13 heteroatoms. The van der Waals surface area contributed by atoms with Crippen molar-refractivity contribution in [2.75, 3.05) is 19.9 Å². The number of rotatable bonds is 11. The summed E-state index contributed by atoms with van der Waals surface area (Å²) >= 11 is 0. The maximum atomic E-state index is 14.6. The Hall–Kier alpha value is -4.20. The normalized spacial score (nSPS) is 15.9. The minimum atomic E-state index is -1.56. The van der Waals surface area contributed by atoms with E-state index in [1.807, 2.05) is 13.8 Å². The van der Waals surface area contributed by atoms with Crippen molar-refractivity contribution in [2.24, 2.45) is 11.7 Å². The van der Waals surface area contributed by atoms with Gasteiger partial charge in [-0.15, -0.1) is 0 Å². The molecular weight excluding hydrogens is 573 g/mol. The lowest BCUT2D eigenvalue weighted by atomic mass is 9.94. The highest BCUT2D eigenvalue weighted by Crippen LogP contribution is 2.38. The van der Waals surface area contributed by atoms with E-state index in [2.05, 4.69) is 10.6 Å². The minimum Gasteiger partial charge on any atom is -0.458 e. The first-order valence-corrected chi connectivity index (χ1v) is 14.6. The summed E-state index contributed by atoms with van der Waals surface area (Å²) in [6, 6.07) is 4.06. The summed E-state index contributed by atoms with van der Waals surface area (Å²) in [5, 5.41) is 16.3. The molecule has 5 rings (SSSR count). The molecule has 0 fully saturated rings. The fraction of sp³-hybridized carbons (Fsp3) is 0.452. The summed E-state index contributed by atoms with van der Waals surface area (Å²) in [6.07, 6.45) is 0.383. The summed E-state index contributed by atoms with van der Waals surface area (Å²) < 4.78 is 26.7. The summed E-state index contributed by atoms with van der Waals surface area (Å²) in [4.78, 5) is 54.0. The van der Waals surface area contributed by atoms with Gasteiger partial charge in [-0.1, -0.05) is 13.8 Å². The van der Waals surface area contributed by atoms with Gasteiger partial charge in [0.05, 0.1) is 41.6 Å². The number of aliphatic hydroxyl groups excluding tert-OH is 1. The molecule has 0 bridgehead atoms. The van der Waals surface area contributed by atoms with Gasteiger partial charge in [0, 0.05) is 29.2 Å². The molecule has 5 N–H and O–H groups in total. The number of unbranched alkanes of at least 4 members (excludes halogenated alkanes) is 1. The summed E-state index contributed by atoms with van der Waals surface area (Å²) in [5.41, 5.74) is 9.50. The molecule has 2 atom stereocenters. The van der Waals surface area contributed by atoms with Crippen LogP contribution in [0.2, 0.25) is 0 Å². The maximum Gasteiger partial charge on any atom is 0.340 e. The first-order chi connectivity index (χ1) is 21.0. The van der Waals surface area contributed by atoms with Gasteiger partial charge in [-0.05, 0) is 55.4 Å². The van der Waals surface area contributed by atoms with Crippen molar-refractivity contribution in [3.05, 3.63) is 62.2 Å². The van der Waals surface area contributed by atoms with E-state index in [9.17, 15) is 28.7 Å². The third-order valence-electron chi connectivity index (χ3n) is 8.14. The van der Waals surface area contributed by atoms with E-state index in [0.29, 0.717) is 48.3 Å². The van der Waals surface area contributed by atoms with Crippen LogP contribution in [0.15, 0.2) is 23.0 Å². The second-order valence-corrected chi connectivity index (χ2v) is 11.5. The minimum absolute atomic E-state index is 0.0159. The van der Waals surface area contributed by atoms with Crippen LogP contribution in [0.25, 0.3) is 22.3 Å². The molecular formula is C31H36FN5O7. The number of nitrogens with one attached hydrogen (secondary N) is 2. The number of aliphatic hydroxyl groups is 1. The molecule has 1 aromatic carbocycles. The van der Waals surface area contributed by atoms with Crippen molar-refractivity contribution in [3.8, 4) is 11.4 Å². The lowest BCUT2D eigenvalue weighted by Gasteiger charge is -2.21. The molecule has 0 saturated carbocycles. The van der Waals surface area contributed by atoms with E-state index in [0.717, 1.165) is 16.5 Å². The van der Waals surface area contributed by atoms with Gasteiger partial charge in [0.25, 0.3) is 5.56 Å². The summed E-state index contributed by atoms with van der Waals surface area (Å²) in [5.74, 6) is -2.04. The zero-order chi connectivity index (χ0) is 31.7. The molecule has 0 unspecified atom stereocenters. The number of amides is 2. The number of hydrogen-bond acceptors (Lipinski definition) is 9. The highest BCUT2D eigenvalue weighted by atomic mass is 19.1. The topological polar surface area (TPSA) is 175 Å². The number of fused-ring (bicyclic) bond motifs is 5. The van der Waals surface area contributed by atoms with Crippen LogP contribution in [0.4, 0.5) is 4.39 Å². The average Bonchev–Trinajstić information content (AvgIpc) is 3.36. The number of aryl methyl sites for hydroxylation is 2. The Bertz CT molecular complexity index is 1700. The molecule has 2 aliphatic heterocycles. The van der Waals surface area contributed by atoms with Crippen molar-refractivity contribution in [1.82, 2.24) is 20.2 Å². The number of cyclic esters (lactones) is 1. The van der Waals surface area contributed by atoms with Gasteiger partial charge in [-0.3, -0.25) is 14.4 Å². The fourth-order valence-electron chi connectivity index (χ4n) is 5.48. The second-order valence-electron chi connectivity index (χ2n) is 11.5. The predicted molar refractivity (Wildman–Crippen MR) is 158 cm³/mol. The molecule has 12 nitrogen and oxygen atoms in total. The van der Waals surface area contributed by atoms with Gasteiger partial charge in [-0.2, -0.15) is 0 Å². The lowest BCUT2D eigenvalue weighted by Crippen LogP contribution is -2.47. The zero-order valence-corrected chi connectivity index (χ0v) is 24.9. The molecule has 0 saturated heterocycles. The summed E-state index contributed by atoms with van der Waals surface area (Å²) in [7, 11) is 0. The van der Waals surface area contributed by atoms with Gasteiger partial charge in [-0.25, -0.2) is 14.2 Å². The van der Waals surface area contributed by atoms with Crippen molar-refractivity contribution in [1.29, 1.82) is 0 Å². The van der Waals surface area contributed by atoms with Crippen LogP contribution in [0.5, 0.6) is 0 Å². The SMILES string of the molecule is Cc1cc2c(CCCCOCNC(=O)CNC(=O)[C@@H](N)C(C)C)c3c(nc2cc1F)-c1cc2c(c(=O)n1C3)COC(=O)[C@H]2O. The van der Waals surface area contributed by atoms with Gasteiger partial charge in [0.2, 0.25) is 11.8 Å². The Balaban J connectivity index is 1.26. The van der Waals surface area contributed by atoms with Crippen LogP contribution >= 0.6 is 0 Å². The van der Waals surface area contributed by atoms with Crippen molar-refractivity contribution >= 4 is 28.7 Å². The summed E-state index contributed by atoms with van der Waals surface area (Å²) in [6.45, 7) is 5.51. The van der Waals surface area contributed by atoms with Crippen molar-refractivity contribution in [2.45, 2.75) is 65.3 Å². The number of esters is 1. The van der Waals surface area contributed by atoms with Crippen LogP contribution in [-0.2, 0) is 43.4 Å². The maximum absolute atomic E-state index is 14.6. The highest BCUT2D eigenvalue weighted by molar-refractivity contribution is 5.89. The standard InChI is InChI=1S/C31H36FN5O7/c1-15(2)26(33)29(40)34-11-25(38)35-14-43-7-5-4-6-17-18-8-16(3)22(32)10-23(18)36-27-20(17)12-37-24(27)9-19-21(30(37)41)13-44-31(42)28(19)39/h8-10,15,26,28,39H,4-7,11-14,33H2,1-3H3,(H,34,40)(H,35,38)/t26-,28-/m0/s1. The third kappa shape index (κ3) is 6.07. The lowest BCUT2D eigenvalue weighted by molar-refractivity contribution is -0.157. The zero-order valence-electron chi connectivity index (χ0n) is 24.9. The Morgan fingerprint density at radius 2 is 1.98 bits per heavy atom. The van der Waals surface area contributed by atoms with Crippen LogP contribution in [0.3, 0.4) is 0 Å². The third-order valence-corrected chi connectivity index (χ3v) is 8.14. The monoisotopic (exact) mass is 609 g/mol. The number of carbonyl (C=O) groups is 3. The Morgan fingerprint density at radius 3 is 2.73 bits per heavy atom. The molecule has 234 valence electrons. The molecule has 0 radical (unpaired) electrons. The van der Waals surface area contributed by atoms with E-state index >= 15 is 0 Å². The van der Waals surface area contributed by atoms with Gasteiger partial charge in [0.15, 0.2) is 6.10 Å². The van der Waals surface area contributed by atoms with Crippen LogP contribution in [0, 0.1) is 18.7 Å². The number of carbonyl (C=O) groups excluding carboxylic acids is 3. The Morgan fingerprint density at radius 1 is 1.20 bits per heavy atom. The molecule has 0 spiro atoms. The molecule has 2 amide bonds. The molecule has 3 aromatic rings. The number of ether oxygens (including phenoxy) is 2. The Labute approximate surface area is 252 Å². The van der Waals surface area contributed by atoms with E-state index in [1.165, 1.54) is 6.07 Å². The molecule has 0 aliphatic carbocycles. The molecule has 4 heterocycles. The molecule has 2 aromatic heterocycles. The second kappa shape index (κ2) is 12.8. The number of aromatic nitrogens is 2. The Kier molecular flexibility index (Phi) is 9.09. The number of nitrogens with two attached hydrogens (primary N) is 1. The smallest absolute Gasteiger partial charge is 0.340 e.